The monoisotopic (exact) mass is 541 g/mol. The summed E-state index contributed by atoms with van der Waals surface area (Å²) in [5.41, 5.74) is 1.88. The molecule has 3 aromatic rings. The van der Waals surface area contributed by atoms with Crippen LogP contribution in [0.2, 0.25) is 0 Å². The lowest BCUT2D eigenvalue weighted by Gasteiger charge is -2.33. The van der Waals surface area contributed by atoms with E-state index < -0.39 is 7.14 Å². The average Bonchev–Trinajstić information content (AvgIpc) is 2.87. The van der Waals surface area contributed by atoms with Gasteiger partial charge in [-0.1, -0.05) is 25.1 Å². The number of aryl methyl sites for hydroxylation is 2. The normalized spacial score (nSPS) is 16.1. The predicted molar refractivity (Wildman–Crippen MR) is 151 cm³/mol. The Morgan fingerprint density at radius 1 is 1.24 bits per heavy atom. The minimum Gasteiger partial charge on any atom is -0.496 e. The Balaban J connectivity index is 1.70. The maximum atomic E-state index is 15.1. The van der Waals surface area contributed by atoms with Gasteiger partial charge in [-0.05, 0) is 46.0 Å². The lowest BCUT2D eigenvalue weighted by Crippen LogP contribution is -2.44. The standard InChI is InChI=1S/C28H37FN5O3P/c1-7-20-9-8-10-21(27(20)29)18(2)30-28-22-15-25(24(37-6)16-23(22)31-19(3)32-28)38(36)13-11-34(12-14-38)26(35)17-33(4)5/h8-10,15-16,18H,7,11-14,17H2,1-6H3,(H,30,31,32)/t18-/m1/s1. The van der Waals surface area contributed by atoms with Crippen molar-refractivity contribution in [2.75, 3.05) is 58.5 Å². The van der Waals surface area contributed by atoms with E-state index in [1.807, 2.05) is 45.0 Å². The first kappa shape index (κ1) is 28.0. The Hall–Kier alpha value is -3.03. The molecule has 2 aromatic carbocycles. The zero-order valence-electron chi connectivity index (χ0n) is 23.0. The average molecular weight is 542 g/mol. The molecular weight excluding hydrogens is 504 g/mol. The molecule has 0 saturated carbocycles. The number of halogens is 1. The largest absolute Gasteiger partial charge is 0.496 e. The molecule has 1 N–H and O–H groups in total. The van der Waals surface area contributed by atoms with Crippen molar-refractivity contribution < 1.29 is 18.5 Å². The number of anilines is 1. The van der Waals surface area contributed by atoms with Crippen LogP contribution in [0.5, 0.6) is 5.75 Å². The molecule has 0 unspecified atom stereocenters. The zero-order valence-corrected chi connectivity index (χ0v) is 23.9. The van der Waals surface area contributed by atoms with Crippen LogP contribution in [0.25, 0.3) is 10.9 Å². The summed E-state index contributed by atoms with van der Waals surface area (Å²) in [7, 11) is 2.43. The molecule has 0 aliphatic carbocycles. The molecule has 1 aliphatic rings. The highest BCUT2D eigenvalue weighted by Crippen LogP contribution is 2.49. The molecule has 0 radical (unpaired) electrons. The molecule has 1 amide bonds. The second-order valence-corrected chi connectivity index (χ2v) is 13.3. The van der Waals surface area contributed by atoms with E-state index in [9.17, 15) is 9.36 Å². The number of aromatic nitrogens is 2. The topological polar surface area (TPSA) is 87.7 Å². The maximum absolute atomic E-state index is 15.1. The van der Waals surface area contributed by atoms with Gasteiger partial charge >= 0.3 is 0 Å². The molecule has 4 rings (SSSR count). The van der Waals surface area contributed by atoms with Crippen molar-refractivity contribution in [3.63, 3.8) is 0 Å². The van der Waals surface area contributed by atoms with Gasteiger partial charge in [-0.3, -0.25) is 4.79 Å². The third kappa shape index (κ3) is 5.69. The Morgan fingerprint density at radius 2 is 1.95 bits per heavy atom. The van der Waals surface area contributed by atoms with Crippen LogP contribution in [0.15, 0.2) is 30.3 Å². The van der Waals surface area contributed by atoms with Gasteiger partial charge in [0.2, 0.25) is 5.91 Å². The van der Waals surface area contributed by atoms with Crippen LogP contribution >= 0.6 is 7.14 Å². The van der Waals surface area contributed by atoms with Crippen molar-refractivity contribution in [3.8, 4) is 5.75 Å². The van der Waals surface area contributed by atoms with E-state index in [1.165, 1.54) is 0 Å². The first-order chi connectivity index (χ1) is 18.1. The Labute approximate surface area is 224 Å². The van der Waals surface area contributed by atoms with Crippen LogP contribution in [0.1, 0.15) is 36.8 Å². The predicted octanol–water partition coefficient (Wildman–Crippen LogP) is 4.21. The molecule has 204 valence electrons. The number of rotatable bonds is 8. The van der Waals surface area contributed by atoms with Gasteiger partial charge in [0.1, 0.15) is 30.4 Å². The van der Waals surface area contributed by atoms with E-state index in [1.54, 1.807) is 37.1 Å². The fraction of sp³-hybridized carbons (Fsp3) is 0.464. The van der Waals surface area contributed by atoms with E-state index in [-0.39, 0.29) is 17.8 Å². The highest BCUT2D eigenvalue weighted by molar-refractivity contribution is 7.72. The maximum Gasteiger partial charge on any atom is 0.236 e. The van der Waals surface area contributed by atoms with Crippen molar-refractivity contribution in [3.05, 3.63) is 53.1 Å². The van der Waals surface area contributed by atoms with Crippen molar-refractivity contribution in [1.29, 1.82) is 0 Å². The summed E-state index contributed by atoms with van der Waals surface area (Å²) in [5.74, 6) is 1.45. The van der Waals surface area contributed by atoms with Gasteiger partial charge < -0.3 is 24.4 Å². The summed E-state index contributed by atoms with van der Waals surface area (Å²) in [6, 6.07) is 8.75. The number of fused-ring (bicyclic) bond motifs is 1. The number of benzene rings is 2. The van der Waals surface area contributed by atoms with E-state index in [0.29, 0.717) is 83.1 Å². The first-order valence-corrected chi connectivity index (χ1v) is 15.1. The van der Waals surface area contributed by atoms with Gasteiger partial charge in [-0.25, -0.2) is 14.4 Å². The quantitative estimate of drug-likeness (QED) is 0.428. The number of nitrogens with one attached hydrogen (secondary N) is 1. The summed E-state index contributed by atoms with van der Waals surface area (Å²) < 4.78 is 35.0. The fourth-order valence-corrected chi connectivity index (χ4v) is 7.75. The lowest BCUT2D eigenvalue weighted by atomic mass is 10.0. The van der Waals surface area contributed by atoms with Crippen molar-refractivity contribution in [1.82, 2.24) is 19.8 Å². The lowest BCUT2D eigenvalue weighted by molar-refractivity contribution is -0.131. The van der Waals surface area contributed by atoms with Crippen LogP contribution in [0, 0.1) is 12.7 Å². The van der Waals surface area contributed by atoms with E-state index in [0.717, 1.165) is 0 Å². The van der Waals surface area contributed by atoms with Crippen LogP contribution in [-0.2, 0) is 15.8 Å². The summed E-state index contributed by atoms with van der Waals surface area (Å²) in [5, 5.41) is 4.71. The summed E-state index contributed by atoms with van der Waals surface area (Å²) in [6.07, 6.45) is 1.38. The zero-order chi connectivity index (χ0) is 27.6. The number of likely N-dealkylation sites (N-methyl/N-ethyl adjacent to an activating group) is 1. The number of hydrogen-bond donors (Lipinski definition) is 1. The smallest absolute Gasteiger partial charge is 0.236 e. The molecule has 2 heterocycles. The minimum atomic E-state index is -2.85. The molecule has 10 heteroatoms. The molecule has 38 heavy (non-hydrogen) atoms. The number of amides is 1. The van der Waals surface area contributed by atoms with E-state index >= 15 is 4.39 Å². The molecule has 0 bridgehead atoms. The SMILES string of the molecule is CCc1cccc([C@@H](C)Nc2nc(C)nc3cc(OC)c(P4(=O)CCN(C(=O)CN(C)C)CC4)cc23)c1F. The van der Waals surface area contributed by atoms with Crippen molar-refractivity contribution in [2.45, 2.75) is 33.2 Å². The van der Waals surface area contributed by atoms with Gasteiger partial charge in [-0.15, -0.1) is 0 Å². The molecule has 1 fully saturated rings. The third-order valence-corrected chi connectivity index (χ3v) is 10.2. The highest BCUT2D eigenvalue weighted by Gasteiger charge is 2.35. The van der Waals surface area contributed by atoms with Gasteiger partial charge in [-0.2, -0.15) is 0 Å². The van der Waals surface area contributed by atoms with Gasteiger partial charge in [0.25, 0.3) is 0 Å². The van der Waals surface area contributed by atoms with Crippen LogP contribution in [0.3, 0.4) is 0 Å². The molecule has 8 nitrogen and oxygen atoms in total. The molecule has 1 aliphatic heterocycles. The summed E-state index contributed by atoms with van der Waals surface area (Å²) in [4.78, 5) is 25.4. The molecule has 1 saturated heterocycles. The summed E-state index contributed by atoms with van der Waals surface area (Å²) in [6.45, 7) is 6.83. The number of carbonyl (C=O) groups is 1. The highest BCUT2D eigenvalue weighted by atomic mass is 31.2. The second-order valence-electron chi connectivity index (χ2n) is 10.2. The molecule has 1 atom stereocenters. The number of methoxy groups -OCH3 is 1. The van der Waals surface area contributed by atoms with E-state index in [4.69, 9.17) is 4.74 Å². The minimum absolute atomic E-state index is 0.0375. The number of nitrogens with zero attached hydrogens (tertiary/aromatic N) is 4. The Kier molecular flexibility index (Phi) is 8.38. The summed E-state index contributed by atoms with van der Waals surface area (Å²) >= 11 is 0. The molecule has 1 aromatic heterocycles. The third-order valence-electron chi connectivity index (χ3n) is 7.12. The Bertz CT molecular complexity index is 1380. The molecule has 0 spiro atoms. The Morgan fingerprint density at radius 3 is 2.58 bits per heavy atom. The van der Waals surface area contributed by atoms with Crippen LogP contribution in [0.4, 0.5) is 10.2 Å². The second kappa shape index (κ2) is 11.4. The van der Waals surface area contributed by atoms with Crippen LogP contribution in [-0.4, -0.2) is 78.8 Å². The van der Waals surface area contributed by atoms with Crippen molar-refractivity contribution in [2.24, 2.45) is 0 Å². The first-order valence-electron chi connectivity index (χ1n) is 13.0. The van der Waals surface area contributed by atoms with Gasteiger partial charge in [0.05, 0.1) is 30.5 Å². The van der Waals surface area contributed by atoms with Crippen LogP contribution < -0.4 is 15.4 Å². The van der Waals surface area contributed by atoms with Crippen molar-refractivity contribution >= 4 is 35.1 Å². The number of carbonyl (C=O) groups excluding carboxylic acids is 1. The number of ether oxygens (including phenoxy) is 1. The van der Waals surface area contributed by atoms with E-state index in [2.05, 4.69) is 15.3 Å². The molecular formula is C28H37FN5O3P. The van der Waals surface area contributed by atoms with Gasteiger partial charge in [0.15, 0.2) is 0 Å². The van der Waals surface area contributed by atoms with Gasteiger partial charge in [0, 0.05) is 42.4 Å². The fourth-order valence-electron chi connectivity index (χ4n) is 4.99. The number of hydrogen-bond acceptors (Lipinski definition) is 7.